The van der Waals surface area contributed by atoms with Crippen molar-refractivity contribution in [3.63, 3.8) is 0 Å². The fraction of sp³-hybridized carbons (Fsp3) is 0.424. The van der Waals surface area contributed by atoms with Gasteiger partial charge in [-0.2, -0.15) is 0 Å². The molecule has 1 fully saturated rings. The van der Waals surface area contributed by atoms with Crippen molar-refractivity contribution < 1.29 is 18.8 Å². The average molecular weight is 653 g/mol. The van der Waals surface area contributed by atoms with E-state index in [0.29, 0.717) is 26.1 Å². The van der Waals surface area contributed by atoms with Gasteiger partial charge in [-0.3, -0.25) is 23.5 Å². The zero-order chi connectivity index (χ0) is 33.3. The van der Waals surface area contributed by atoms with Gasteiger partial charge in [0, 0.05) is 56.6 Å². The number of nitrogens with zero attached hydrogens (tertiary/aromatic N) is 4. The summed E-state index contributed by atoms with van der Waals surface area (Å²) >= 11 is 6.24. The second-order valence-electron chi connectivity index (χ2n) is 12.3. The van der Waals surface area contributed by atoms with Crippen molar-refractivity contribution in [2.45, 2.75) is 52.7 Å². The van der Waals surface area contributed by atoms with Gasteiger partial charge in [0.1, 0.15) is 12.4 Å². The van der Waals surface area contributed by atoms with Gasteiger partial charge in [0.15, 0.2) is 0 Å². The van der Waals surface area contributed by atoms with Crippen LogP contribution in [0.2, 0.25) is 5.02 Å². The molecule has 2 aromatic carbocycles. The van der Waals surface area contributed by atoms with Crippen LogP contribution < -0.4 is 21.9 Å². The van der Waals surface area contributed by atoms with Crippen LogP contribution >= 0.6 is 11.6 Å². The Morgan fingerprint density at radius 2 is 1.74 bits per heavy atom. The first-order valence-corrected chi connectivity index (χ1v) is 15.7. The minimum Gasteiger partial charge on any atom is -0.354 e. The number of likely N-dealkylation sites (tertiary alicyclic amines) is 1. The number of piperidine rings is 1. The van der Waals surface area contributed by atoms with Crippen molar-refractivity contribution >= 4 is 35.1 Å². The maximum Gasteiger partial charge on any atom is 0.331 e. The van der Waals surface area contributed by atoms with Crippen molar-refractivity contribution in [1.82, 2.24) is 24.3 Å². The molecule has 0 saturated carbocycles. The maximum atomic E-state index is 14.4. The molecule has 5 rings (SSSR count). The number of urea groups is 1. The SMILES string of the molecule is CC(=O)NCC(C)n1c(=O)c(-c2cccc(F)c2Cl)cn(CC(=O)N2CC(C)C(N3CCc4ccccc4NC3=O)C(C)C2)c1=O. The zero-order valence-electron chi connectivity index (χ0n) is 26.3. The van der Waals surface area contributed by atoms with Gasteiger partial charge in [-0.05, 0) is 42.9 Å². The lowest BCUT2D eigenvalue weighted by Gasteiger charge is -2.46. The lowest BCUT2D eigenvalue weighted by atomic mass is 9.84. The second-order valence-corrected chi connectivity index (χ2v) is 12.7. The first-order chi connectivity index (χ1) is 21.9. The van der Waals surface area contributed by atoms with Crippen LogP contribution in [0, 0.1) is 17.7 Å². The Bertz CT molecular complexity index is 1780. The van der Waals surface area contributed by atoms with Gasteiger partial charge < -0.3 is 20.4 Å². The average Bonchev–Trinajstić information content (AvgIpc) is 3.17. The molecule has 244 valence electrons. The van der Waals surface area contributed by atoms with Crippen molar-refractivity contribution in [2.75, 3.05) is 31.5 Å². The van der Waals surface area contributed by atoms with Gasteiger partial charge in [-0.25, -0.2) is 14.0 Å². The van der Waals surface area contributed by atoms with E-state index in [2.05, 4.69) is 10.6 Å². The fourth-order valence-electron chi connectivity index (χ4n) is 6.69. The van der Waals surface area contributed by atoms with Crippen LogP contribution in [-0.2, 0) is 22.6 Å². The first-order valence-electron chi connectivity index (χ1n) is 15.4. The highest BCUT2D eigenvalue weighted by Crippen LogP contribution is 2.31. The minimum absolute atomic E-state index is 0.0174. The predicted octanol–water partition coefficient (Wildman–Crippen LogP) is 3.74. The lowest BCUT2D eigenvalue weighted by Crippen LogP contribution is -2.58. The smallest absolute Gasteiger partial charge is 0.331 e. The molecule has 1 saturated heterocycles. The van der Waals surface area contributed by atoms with Crippen LogP contribution in [-0.4, -0.2) is 69.0 Å². The van der Waals surface area contributed by atoms with Crippen molar-refractivity contribution in [2.24, 2.45) is 11.8 Å². The molecule has 2 aliphatic rings. The number of rotatable bonds is 7. The molecule has 0 bridgehead atoms. The summed E-state index contributed by atoms with van der Waals surface area (Å²) in [5.41, 5.74) is 0.432. The highest BCUT2D eigenvalue weighted by molar-refractivity contribution is 6.33. The van der Waals surface area contributed by atoms with E-state index in [0.717, 1.165) is 26.5 Å². The molecule has 4 amide bonds. The van der Waals surface area contributed by atoms with Gasteiger partial charge >= 0.3 is 11.7 Å². The summed E-state index contributed by atoms with van der Waals surface area (Å²) in [6, 6.07) is 10.7. The molecule has 1 aromatic heterocycles. The maximum absolute atomic E-state index is 14.4. The second kappa shape index (κ2) is 13.5. The van der Waals surface area contributed by atoms with E-state index in [-0.39, 0.29) is 65.0 Å². The van der Waals surface area contributed by atoms with Crippen molar-refractivity contribution in [1.29, 1.82) is 0 Å². The number of carbonyl (C=O) groups is 3. The zero-order valence-corrected chi connectivity index (χ0v) is 27.0. The summed E-state index contributed by atoms with van der Waals surface area (Å²) in [5.74, 6) is -1.55. The molecular formula is C33H38ClFN6O5. The Hall–Kier alpha value is -4.45. The van der Waals surface area contributed by atoms with E-state index >= 15 is 0 Å². The number of fused-ring (bicyclic) bond motifs is 1. The molecule has 2 N–H and O–H groups in total. The summed E-state index contributed by atoms with van der Waals surface area (Å²) < 4.78 is 16.5. The Morgan fingerprint density at radius 1 is 1.04 bits per heavy atom. The van der Waals surface area contributed by atoms with Crippen molar-refractivity contribution in [3.05, 3.63) is 85.9 Å². The Kier molecular flexibility index (Phi) is 9.66. The minimum atomic E-state index is -0.778. The van der Waals surface area contributed by atoms with E-state index in [4.69, 9.17) is 11.6 Å². The quantitative estimate of drug-likeness (QED) is 0.402. The van der Waals surface area contributed by atoms with Gasteiger partial charge in [-0.1, -0.05) is 55.8 Å². The summed E-state index contributed by atoms with van der Waals surface area (Å²) in [6.45, 7) is 7.80. The predicted molar refractivity (Wildman–Crippen MR) is 173 cm³/mol. The molecule has 0 aliphatic carbocycles. The molecule has 3 heterocycles. The van der Waals surface area contributed by atoms with Crippen LogP contribution in [0.3, 0.4) is 0 Å². The number of amides is 4. The highest BCUT2D eigenvalue weighted by Gasteiger charge is 2.40. The third kappa shape index (κ3) is 6.57. The number of para-hydroxylation sites is 1. The Balaban J connectivity index is 1.41. The summed E-state index contributed by atoms with van der Waals surface area (Å²) in [6.07, 6.45) is 1.95. The van der Waals surface area contributed by atoms with Gasteiger partial charge in [-0.15, -0.1) is 0 Å². The first kappa shape index (κ1) is 32.9. The van der Waals surface area contributed by atoms with Gasteiger partial charge in [0.05, 0.1) is 16.6 Å². The monoisotopic (exact) mass is 652 g/mol. The molecule has 46 heavy (non-hydrogen) atoms. The molecule has 11 nitrogen and oxygen atoms in total. The molecule has 0 spiro atoms. The third-order valence-electron chi connectivity index (χ3n) is 8.86. The number of halogens is 2. The molecule has 2 aliphatic heterocycles. The summed E-state index contributed by atoms with van der Waals surface area (Å²) in [7, 11) is 0. The molecule has 3 aromatic rings. The number of nitrogens with one attached hydrogen (secondary N) is 2. The number of hydrogen-bond donors (Lipinski definition) is 2. The fourth-order valence-corrected chi connectivity index (χ4v) is 6.91. The molecular weight excluding hydrogens is 615 g/mol. The largest absolute Gasteiger partial charge is 0.354 e. The Labute approximate surface area is 270 Å². The number of aromatic nitrogens is 2. The van der Waals surface area contributed by atoms with Gasteiger partial charge in [0.25, 0.3) is 5.56 Å². The third-order valence-corrected chi connectivity index (χ3v) is 9.24. The topological polar surface area (TPSA) is 126 Å². The van der Waals surface area contributed by atoms with Crippen molar-refractivity contribution in [3.8, 4) is 11.1 Å². The van der Waals surface area contributed by atoms with Crippen LogP contribution in [0.4, 0.5) is 14.9 Å². The van der Waals surface area contributed by atoms with E-state index < -0.39 is 23.1 Å². The van der Waals surface area contributed by atoms with Crippen LogP contribution in [0.5, 0.6) is 0 Å². The lowest BCUT2D eigenvalue weighted by molar-refractivity contribution is -0.136. The summed E-state index contributed by atoms with van der Waals surface area (Å²) in [5, 5.41) is 5.34. The number of hydrogen-bond acceptors (Lipinski definition) is 5. The normalized spacial score (nSPS) is 20.4. The number of benzene rings is 2. The highest BCUT2D eigenvalue weighted by atomic mass is 35.5. The van der Waals surface area contributed by atoms with E-state index in [1.165, 1.54) is 25.3 Å². The van der Waals surface area contributed by atoms with E-state index in [1.807, 2.05) is 43.0 Å². The molecule has 0 radical (unpaired) electrons. The van der Waals surface area contributed by atoms with Gasteiger partial charge in [0.2, 0.25) is 11.8 Å². The summed E-state index contributed by atoms with van der Waals surface area (Å²) in [4.78, 5) is 69.4. The van der Waals surface area contributed by atoms with E-state index in [9.17, 15) is 28.4 Å². The number of carbonyl (C=O) groups excluding carboxylic acids is 3. The van der Waals surface area contributed by atoms with Crippen LogP contribution in [0.25, 0.3) is 11.1 Å². The molecule has 13 heteroatoms. The van der Waals surface area contributed by atoms with E-state index in [1.54, 1.807) is 11.8 Å². The number of anilines is 1. The standard InChI is InChI=1S/C33H38ClFN6O5/c1-19-15-38(16-20(2)30(19)40-13-12-23-8-5-6-11-27(23)37-32(40)45)28(43)18-39-17-25(24-9-7-10-26(35)29(24)34)31(44)41(33(39)46)21(3)14-36-22(4)42/h5-11,17,19-21,30H,12-16,18H2,1-4H3,(H,36,42)(H,37,45). The molecule has 3 unspecified atom stereocenters. The Morgan fingerprint density at radius 3 is 2.43 bits per heavy atom. The van der Waals surface area contributed by atoms with Crippen LogP contribution in [0.15, 0.2) is 58.3 Å². The molecule has 3 atom stereocenters. The van der Waals surface area contributed by atoms with Crippen LogP contribution in [0.1, 0.15) is 39.3 Å².